The fourth-order valence-electron chi connectivity index (χ4n) is 4.72. The summed E-state index contributed by atoms with van der Waals surface area (Å²) >= 11 is 0. The highest BCUT2D eigenvalue weighted by atomic mass is 16.5. The van der Waals surface area contributed by atoms with E-state index in [0.29, 0.717) is 59.0 Å². The van der Waals surface area contributed by atoms with Crippen LogP contribution in [0.5, 0.6) is 23.0 Å². The third-order valence-electron chi connectivity index (χ3n) is 6.51. The molecule has 10 heteroatoms. The molecule has 1 aliphatic rings. The Hall–Kier alpha value is -4.18. The van der Waals surface area contributed by atoms with Gasteiger partial charge < -0.3 is 38.3 Å². The van der Waals surface area contributed by atoms with Crippen molar-refractivity contribution in [2.24, 2.45) is 0 Å². The maximum Gasteiger partial charge on any atom is 0.290 e. The molecule has 0 fully saturated rings. The second kappa shape index (κ2) is 11.1. The predicted octanol–water partition coefficient (Wildman–Crippen LogP) is 4.00. The highest BCUT2D eigenvalue weighted by Gasteiger charge is 2.45. The highest BCUT2D eigenvalue weighted by molar-refractivity contribution is 6.16. The van der Waals surface area contributed by atoms with E-state index < -0.39 is 23.5 Å². The van der Waals surface area contributed by atoms with Crippen molar-refractivity contribution in [2.75, 3.05) is 55.6 Å². The Morgan fingerprint density at radius 2 is 1.66 bits per heavy atom. The molecular formula is C28H32N2O8. The average molecular weight is 525 g/mol. The van der Waals surface area contributed by atoms with Crippen LogP contribution in [0, 0.1) is 0 Å². The SMILES string of the molecule is COc1cc([C@@H]2C(C(=O)c3cc4cccc(OC)c4o3)=C(O)C(=O)N2CCCN(C)C)cc(OC)c1OC. The number of methoxy groups -OCH3 is 4. The number of amides is 1. The number of furan rings is 1. The summed E-state index contributed by atoms with van der Waals surface area (Å²) in [4.78, 5) is 30.7. The number of benzene rings is 2. The zero-order valence-electron chi connectivity index (χ0n) is 22.4. The number of aliphatic hydroxyl groups excluding tert-OH is 1. The maximum absolute atomic E-state index is 13.9. The van der Waals surface area contributed by atoms with E-state index in [1.807, 2.05) is 19.0 Å². The van der Waals surface area contributed by atoms with Crippen molar-refractivity contribution in [3.05, 3.63) is 59.1 Å². The first-order valence-corrected chi connectivity index (χ1v) is 12.1. The van der Waals surface area contributed by atoms with Gasteiger partial charge in [-0.1, -0.05) is 12.1 Å². The molecule has 2 heterocycles. The van der Waals surface area contributed by atoms with Crippen LogP contribution in [-0.4, -0.2) is 82.2 Å². The number of para-hydroxylation sites is 1. The Morgan fingerprint density at radius 3 is 2.24 bits per heavy atom. The fraction of sp³-hybridized carbons (Fsp3) is 0.357. The zero-order valence-corrected chi connectivity index (χ0v) is 22.4. The molecule has 1 amide bonds. The van der Waals surface area contributed by atoms with Crippen LogP contribution in [0.3, 0.4) is 0 Å². The molecule has 0 spiro atoms. The number of hydrogen-bond acceptors (Lipinski definition) is 9. The third kappa shape index (κ3) is 4.74. The van der Waals surface area contributed by atoms with E-state index >= 15 is 0 Å². The van der Waals surface area contributed by atoms with Crippen molar-refractivity contribution >= 4 is 22.7 Å². The molecule has 1 N–H and O–H groups in total. The van der Waals surface area contributed by atoms with Crippen molar-refractivity contribution in [1.82, 2.24) is 9.80 Å². The van der Waals surface area contributed by atoms with Gasteiger partial charge in [-0.05, 0) is 56.9 Å². The van der Waals surface area contributed by atoms with E-state index in [-0.39, 0.29) is 11.3 Å². The van der Waals surface area contributed by atoms with Crippen LogP contribution < -0.4 is 18.9 Å². The van der Waals surface area contributed by atoms with Crippen molar-refractivity contribution < 1.29 is 38.1 Å². The normalized spacial score (nSPS) is 15.5. The first-order chi connectivity index (χ1) is 18.2. The smallest absolute Gasteiger partial charge is 0.290 e. The van der Waals surface area contributed by atoms with Crippen LogP contribution in [-0.2, 0) is 4.79 Å². The van der Waals surface area contributed by atoms with Crippen LogP contribution in [0.15, 0.2) is 52.1 Å². The monoisotopic (exact) mass is 524 g/mol. The number of aliphatic hydroxyl groups is 1. The lowest BCUT2D eigenvalue weighted by Crippen LogP contribution is -2.33. The molecule has 2 aromatic carbocycles. The molecule has 4 rings (SSSR count). The summed E-state index contributed by atoms with van der Waals surface area (Å²) in [6, 6.07) is 9.30. The summed E-state index contributed by atoms with van der Waals surface area (Å²) in [6.07, 6.45) is 0.621. The molecule has 1 aromatic heterocycles. The van der Waals surface area contributed by atoms with Crippen molar-refractivity contribution in [3.8, 4) is 23.0 Å². The van der Waals surface area contributed by atoms with Crippen molar-refractivity contribution in [2.45, 2.75) is 12.5 Å². The van der Waals surface area contributed by atoms with Crippen molar-refractivity contribution in [3.63, 3.8) is 0 Å². The molecule has 1 aliphatic heterocycles. The number of carbonyl (C=O) groups excluding carboxylic acids is 2. The lowest BCUT2D eigenvalue weighted by molar-refractivity contribution is -0.129. The molecular weight excluding hydrogens is 492 g/mol. The minimum Gasteiger partial charge on any atom is -0.503 e. The second-order valence-electron chi connectivity index (χ2n) is 9.10. The molecule has 0 saturated carbocycles. The first-order valence-electron chi connectivity index (χ1n) is 12.1. The fourth-order valence-corrected chi connectivity index (χ4v) is 4.72. The Morgan fingerprint density at radius 1 is 1.00 bits per heavy atom. The average Bonchev–Trinajstić information content (AvgIpc) is 3.46. The molecule has 0 bridgehead atoms. The molecule has 3 aromatic rings. The molecule has 0 saturated heterocycles. The number of carbonyl (C=O) groups is 2. The van der Waals surface area contributed by atoms with E-state index in [1.54, 1.807) is 36.4 Å². The van der Waals surface area contributed by atoms with Gasteiger partial charge in [-0.25, -0.2) is 0 Å². The number of hydrogen-bond donors (Lipinski definition) is 1. The molecule has 38 heavy (non-hydrogen) atoms. The third-order valence-corrected chi connectivity index (χ3v) is 6.51. The quantitative estimate of drug-likeness (QED) is 0.372. The summed E-state index contributed by atoms with van der Waals surface area (Å²) in [6.45, 7) is 1.01. The molecule has 0 unspecified atom stereocenters. The standard InChI is InChI=1S/C28H32N2O8/c1-29(2)11-8-12-30-23(17-14-20(35-4)27(37-6)21(15-17)36-5)22(25(32)28(30)33)24(31)19-13-16-9-7-10-18(34-3)26(16)38-19/h7,9-10,13-15,23,32H,8,11-12H2,1-6H3/t23-/m1/s1. The number of ketones is 1. The Balaban J connectivity index is 1.85. The molecule has 0 radical (unpaired) electrons. The number of rotatable bonds is 11. The van der Waals surface area contributed by atoms with Crippen LogP contribution >= 0.6 is 0 Å². The Labute approximate surface area is 220 Å². The Kier molecular flexibility index (Phi) is 7.82. The van der Waals surface area contributed by atoms with Gasteiger partial charge in [0.15, 0.2) is 34.4 Å². The minimum absolute atomic E-state index is 0.0218. The summed E-state index contributed by atoms with van der Waals surface area (Å²) in [5.41, 5.74) is 0.820. The largest absolute Gasteiger partial charge is 0.503 e. The van der Waals surface area contributed by atoms with Gasteiger partial charge >= 0.3 is 0 Å². The number of Topliss-reactive ketones (excluding diaryl/α,β-unsaturated/α-hetero) is 1. The van der Waals surface area contributed by atoms with E-state index in [2.05, 4.69) is 0 Å². The van der Waals surface area contributed by atoms with Gasteiger partial charge in [0.2, 0.25) is 11.5 Å². The van der Waals surface area contributed by atoms with Crippen LogP contribution in [0.2, 0.25) is 0 Å². The van der Waals surface area contributed by atoms with Crippen LogP contribution in [0.1, 0.15) is 28.6 Å². The summed E-state index contributed by atoms with van der Waals surface area (Å²) < 4.78 is 27.7. The summed E-state index contributed by atoms with van der Waals surface area (Å²) in [5.74, 6) is -0.343. The van der Waals surface area contributed by atoms with E-state index in [0.717, 1.165) is 0 Å². The van der Waals surface area contributed by atoms with Gasteiger partial charge in [0.1, 0.15) is 0 Å². The lowest BCUT2D eigenvalue weighted by atomic mass is 9.94. The first kappa shape index (κ1) is 26.9. The molecule has 1 atom stereocenters. The van der Waals surface area contributed by atoms with E-state index in [9.17, 15) is 14.7 Å². The van der Waals surface area contributed by atoms with E-state index in [1.165, 1.54) is 33.3 Å². The topological polar surface area (TPSA) is 111 Å². The van der Waals surface area contributed by atoms with E-state index in [4.69, 9.17) is 23.4 Å². The Bertz CT molecular complexity index is 1370. The van der Waals surface area contributed by atoms with Gasteiger partial charge in [-0.3, -0.25) is 9.59 Å². The predicted molar refractivity (Wildman–Crippen MR) is 140 cm³/mol. The van der Waals surface area contributed by atoms with Crippen molar-refractivity contribution in [1.29, 1.82) is 0 Å². The minimum atomic E-state index is -0.916. The van der Waals surface area contributed by atoms with Gasteiger partial charge in [0.05, 0.1) is 40.1 Å². The van der Waals surface area contributed by atoms with Crippen LogP contribution in [0.4, 0.5) is 0 Å². The maximum atomic E-state index is 13.9. The van der Waals surface area contributed by atoms with Gasteiger partial charge in [-0.2, -0.15) is 0 Å². The lowest BCUT2D eigenvalue weighted by Gasteiger charge is -2.28. The number of nitrogens with zero attached hydrogens (tertiary/aromatic N) is 2. The van der Waals surface area contributed by atoms with Gasteiger partial charge in [-0.15, -0.1) is 0 Å². The van der Waals surface area contributed by atoms with Crippen LogP contribution in [0.25, 0.3) is 11.0 Å². The molecule has 10 nitrogen and oxygen atoms in total. The molecule has 0 aliphatic carbocycles. The highest BCUT2D eigenvalue weighted by Crippen LogP contribution is 2.46. The van der Waals surface area contributed by atoms with Gasteiger partial charge in [0, 0.05) is 11.9 Å². The zero-order chi connectivity index (χ0) is 27.6. The summed E-state index contributed by atoms with van der Waals surface area (Å²) in [7, 11) is 9.83. The number of ether oxygens (including phenoxy) is 4. The second-order valence-corrected chi connectivity index (χ2v) is 9.10. The molecule has 202 valence electrons. The van der Waals surface area contributed by atoms with Gasteiger partial charge in [0.25, 0.3) is 5.91 Å². The number of fused-ring (bicyclic) bond motifs is 1. The summed E-state index contributed by atoms with van der Waals surface area (Å²) in [5, 5.41) is 11.7.